The second kappa shape index (κ2) is 7.63. The van der Waals surface area contributed by atoms with E-state index >= 15 is 0 Å². The summed E-state index contributed by atoms with van der Waals surface area (Å²) in [5.74, 6) is 0.815. The molecule has 1 N–H and O–H groups in total. The summed E-state index contributed by atoms with van der Waals surface area (Å²) in [5, 5.41) is 9.20. The lowest BCUT2D eigenvalue weighted by atomic mass is 9.72. The van der Waals surface area contributed by atoms with Gasteiger partial charge in [0.1, 0.15) is 0 Å². The van der Waals surface area contributed by atoms with E-state index in [9.17, 15) is 14.7 Å². The number of benzene rings is 1. The third-order valence-corrected chi connectivity index (χ3v) is 6.97. The van der Waals surface area contributed by atoms with Gasteiger partial charge in [-0.15, -0.1) is 0 Å². The standard InChI is InChI=1S/C22H30N2O3/c25-14-13-24-16-22(8-7-20(24)26)9-11-23(12-10-22)21(27)15-18-6-5-17-3-1-2-4-19(17)18/h1-4,18,25H,5-16H2/t18-/m1/s1. The van der Waals surface area contributed by atoms with Gasteiger partial charge in [0.25, 0.3) is 0 Å². The molecular formula is C22H30N2O3. The number of fused-ring (bicyclic) bond motifs is 1. The van der Waals surface area contributed by atoms with Crippen LogP contribution in [0.4, 0.5) is 0 Å². The summed E-state index contributed by atoms with van der Waals surface area (Å²) in [4.78, 5) is 28.8. The van der Waals surface area contributed by atoms with Gasteiger partial charge in [-0.2, -0.15) is 0 Å². The van der Waals surface area contributed by atoms with Crippen molar-refractivity contribution in [2.24, 2.45) is 5.41 Å². The molecule has 2 fully saturated rings. The summed E-state index contributed by atoms with van der Waals surface area (Å²) in [6.45, 7) is 2.80. The minimum atomic E-state index is 0.0231. The number of aryl methyl sites for hydroxylation is 1. The van der Waals surface area contributed by atoms with Gasteiger partial charge in [-0.3, -0.25) is 9.59 Å². The summed E-state index contributed by atoms with van der Waals surface area (Å²) in [6.07, 6.45) is 6.23. The third kappa shape index (κ3) is 3.75. The van der Waals surface area contributed by atoms with Crippen molar-refractivity contribution in [3.63, 3.8) is 0 Å². The second-order valence-corrected chi connectivity index (χ2v) is 8.56. The van der Waals surface area contributed by atoms with Crippen molar-refractivity contribution in [3.8, 4) is 0 Å². The number of hydrogen-bond donors (Lipinski definition) is 1. The molecule has 0 saturated carbocycles. The lowest BCUT2D eigenvalue weighted by Gasteiger charge is -2.47. The van der Waals surface area contributed by atoms with Crippen molar-refractivity contribution in [1.82, 2.24) is 9.80 Å². The van der Waals surface area contributed by atoms with Gasteiger partial charge in [-0.05, 0) is 54.6 Å². The monoisotopic (exact) mass is 370 g/mol. The molecule has 27 heavy (non-hydrogen) atoms. The van der Waals surface area contributed by atoms with Gasteiger partial charge >= 0.3 is 0 Å². The highest BCUT2D eigenvalue weighted by molar-refractivity contribution is 5.78. The molecule has 0 radical (unpaired) electrons. The molecule has 1 atom stereocenters. The zero-order valence-electron chi connectivity index (χ0n) is 16.0. The fraction of sp³-hybridized carbons (Fsp3) is 0.636. The van der Waals surface area contributed by atoms with Gasteiger partial charge in [-0.1, -0.05) is 24.3 Å². The minimum Gasteiger partial charge on any atom is -0.395 e. The third-order valence-electron chi connectivity index (χ3n) is 6.97. The SMILES string of the molecule is O=C(C[C@H]1CCc2ccccc21)N1CCC2(CCC(=O)N(CCO)C2)CC1. The van der Waals surface area contributed by atoms with E-state index in [1.807, 2.05) is 9.80 Å². The number of aliphatic hydroxyl groups is 1. The largest absolute Gasteiger partial charge is 0.395 e. The maximum atomic E-state index is 12.9. The summed E-state index contributed by atoms with van der Waals surface area (Å²) in [7, 11) is 0. The van der Waals surface area contributed by atoms with Crippen LogP contribution in [0.2, 0.25) is 0 Å². The number of aliphatic hydroxyl groups excluding tert-OH is 1. The number of rotatable bonds is 4. The van der Waals surface area contributed by atoms with Gasteiger partial charge in [0.15, 0.2) is 0 Å². The molecule has 2 amide bonds. The zero-order valence-corrected chi connectivity index (χ0v) is 16.0. The average molecular weight is 370 g/mol. The minimum absolute atomic E-state index is 0.0231. The highest BCUT2D eigenvalue weighted by Crippen LogP contribution is 2.41. The number of amides is 2. The van der Waals surface area contributed by atoms with E-state index in [0.717, 1.165) is 51.7 Å². The molecule has 3 aliphatic rings. The van der Waals surface area contributed by atoms with Gasteiger partial charge in [0, 0.05) is 39.0 Å². The Morgan fingerprint density at radius 1 is 1.15 bits per heavy atom. The molecule has 146 valence electrons. The average Bonchev–Trinajstić information content (AvgIpc) is 3.09. The Balaban J connectivity index is 1.33. The van der Waals surface area contributed by atoms with E-state index in [1.54, 1.807) is 0 Å². The Kier molecular flexibility index (Phi) is 5.22. The smallest absolute Gasteiger partial charge is 0.223 e. The van der Waals surface area contributed by atoms with Crippen LogP contribution in [0.25, 0.3) is 0 Å². The van der Waals surface area contributed by atoms with E-state index < -0.39 is 0 Å². The lowest BCUT2D eigenvalue weighted by Crippen LogP contribution is -2.52. The van der Waals surface area contributed by atoms with Crippen LogP contribution in [0.5, 0.6) is 0 Å². The van der Waals surface area contributed by atoms with Crippen molar-refractivity contribution < 1.29 is 14.7 Å². The van der Waals surface area contributed by atoms with Gasteiger partial charge in [0.2, 0.25) is 11.8 Å². The first-order valence-electron chi connectivity index (χ1n) is 10.3. The molecule has 1 spiro atoms. The van der Waals surface area contributed by atoms with Crippen LogP contribution in [-0.2, 0) is 16.0 Å². The molecule has 2 heterocycles. The normalized spacial score (nSPS) is 24.3. The molecule has 1 aliphatic carbocycles. The lowest BCUT2D eigenvalue weighted by molar-refractivity contribution is -0.143. The molecule has 0 bridgehead atoms. The molecule has 2 saturated heterocycles. The van der Waals surface area contributed by atoms with Crippen LogP contribution in [0.15, 0.2) is 24.3 Å². The van der Waals surface area contributed by atoms with Crippen LogP contribution in [0.1, 0.15) is 55.6 Å². The Bertz CT molecular complexity index is 709. The Morgan fingerprint density at radius 3 is 2.70 bits per heavy atom. The highest BCUT2D eigenvalue weighted by atomic mass is 16.3. The first kappa shape index (κ1) is 18.5. The number of piperidine rings is 2. The highest BCUT2D eigenvalue weighted by Gasteiger charge is 2.41. The maximum Gasteiger partial charge on any atom is 0.223 e. The Morgan fingerprint density at radius 2 is 1.93 bits per heavy atom. The Labute approximate surface area is 161 Å². The maximum absolute atomic E-state index is 12.9. The summed E-state index contributed by atoms with van der Waals surface area (Å²) >= 11 is 0. The molecule has 5 nitrogen and oxygen atoms in total. The van der Waals surface area contributed by atoms with Crippen molar-refractivity contribution in [2.75, 3.05) is 32.8 Å². The summed E-state index contributed by atoms with van der Waals surface area (Å²) < 4.78 is 0. The van der Waals surface area contributed by atoms with Crippen molar-refractivity contribution in [1.29, 1.82) is 0 Å². The van der Waals surface area contributed by atoms with Gasteiger partial charge in [-0.25, -0.2) is 0 Å². The summed E-state index contributed by atoms with van der Waals surface area (Å²) in [5.41, 5.74) is 2.91. The van der Waals surface area contributed by atoms with E-state index in [1.165, 1.54) is 11.1 Å². The first-order chi connectivity index (χ1) is 13.1. The molecule has 0 aromatic heterocycles. The van der Waals surface area contributed by atoms with E-state index in [2.05, 4.69) is 24.3 Å². The number of carbonyl (C=O) groups is 2. The second-order valence-electron chi connectivity index (χ2n) is 8.56. The van der Waals surface area contributed by atoms with Crippen LogP contribution < -0.4 is 0 Å². The van der Waals surface area contributed by atoms with Crippen molar-refractivity contribution in [2.45, 2.75) is 50.9 Å². The van der Waals surface area contributed by atoms with Gasteiger partial charge < -0.3 is 14.9 Å². The molecule has 2 aliphatic heterocycles. The first-order valence-corrected chi connectivity index (χ1v) is 10.3. The predicted molar refractivity (Wildman–Crippen MR) is 103 cm³/mol. The fourth-order valence-corrected chi connectivity index (χ4v) is 5.26. The summed E-state index contributed by atoms with van der Waals surface area (Å²) in [6, 6.07) is 8.53. The van der Waals surface area contributed by atoms with Crippen LogP contribution in [-0.4, -0.2) is 59.5 Å². The predicted octanol–water partition coefficient (Wildman–Crippen LogP) is 2.33. The number of hydrogen-bond acceptors (Lipinski definition) is 3. The molecule has 4 rings (SSSR count). The van der Waals surface area contributed by atoms with Crippen molar-refractivity contribution >= 4 is 11.8 Å². The fourth-order valence-electron chi connectivity index (χ4n) is 5.26. The van der Waals surface area contributed by atoms with Crippen LogP contribution in [0.3, 0.4) is 0 Å². The number of likely N-dealkylation sites (tertiary alicyclic amines) is 2. The molecule has 1 aromatic rings. The van der Waals surface area contributed by atoms with Crippen LogP contribution >= 0.6 is 0 Å². The number of nitrogens with zero attached hydrogens (tertiary/aromatic N) is 2. The van der Waals surface area contributed by atoms with E-state index in [4.69, 9.17) is 0 Å². The van der Waals surface area contributed by atoms with E-state index in [-0.39, 0.29) is 23.8 Å². The molecule has 0 unspecified atom stereocenters. The molecular weight excluding hydrogens is 340 g/mol. The molecule has 1 aromatic carbocycles. The number of β-amino-alcohol motifs (C(OH)–C–C–N with tert-alkyl or cyclic N) is 1. The quantitative estimate of drug-likeness (QED) is 0.885. The van der Waals surface area contributed by atoms with Crippen LogP contribution in [0, 0.1) is 5.41 Å². The van der Waals surface area contributed by atoms with Gasteiger partial charge in [0.05, 0.1) is 6.61 Å². The zero-order chi connectivity index (χ0) is 18.9. The van der Waals surface area contributed by atoms with E-state index in [0.29, 0.717) is 25.3 Å². The topological polar surface area (TPSA) is 60.9 Å². The Hall–Kier alpha value is -1.88. The molecule has 5 heteroatoms. The van der Waals surface area contributed by atoms with Crippen molar-refractivity contribution in [3.05, 3.63) is 35.4 Å². The number of carbonyl (C=O) groups excluding carboxylic acids is 2.